The molecular weight excluding hydrogens is 346 g/mol. The van der Waals surface area contributed by atoms with Crippen LogP contribution in [0.2, 0.25) is 0 Å². The number of rotatable bonds is 7. The van der Waals surface area contributed by atoms with Crippen molar-refractivity contribution in [1.82, 2.24) is 20.3 Å². The van der Waals surface area contributed by atoms with E-state index < -0.39 is 0 Å². The Morgan fingerprint density at radius 3 is 2.93 bits per heavy atom. The zero-order chi connectivity index (χ0) is 19.2. The molecule has 0 unspecified atom stereocenters. The van der Waals surface area contributed by atoms with Crippen molar-refractivity contribution < 1.29 is 14.7 Å². The molecule has 0 fully saturated rings. The average molecular weight is 367 g/mol. The fraction of sp³-hybridized carbons (Fsp3) is 0.211. The van der Waals surface area contributed by atoms with Crippen LogP contribution in [0.25, 0.3) is 11.3 Å². The molecule has 4 N–H and O–H groups in total. The van der Waals surface area contributed by atoms with Crippen molar-refractivity contribution in [2.24, 2.45) is 0 Å². The van der Waals surface area contributed by atoms with E-state index in [9.17, 15) is 9.90 Å². The van der Waals surface area contributed by atoms with Gasteiger partial charge in [0.15, 0.2) is 0 Å². The number of aromatic hydroxyl groups is 1. The first-order valence-corrected chi connectivity index (χ1v) is 8.45. The average Bonchev–Trinajstić information content (AvgIpc) is 3.15. The molecule has 0 aliphatic heterocycles. The Labute approximate surface area is 156 Å². The molecule has 140 valence electrons. The second-order valence-electron chi connectivity index (χ2n) is 5.97. The summed E-state index contributed by atoms with van der Waals surface area (Å²) in [4.78, 5) is 28.6. The van der Waals surface area contributed by atoms with Crippen molar-refractivity contribution in [2.75, 3.05) is 19.1 Å². The second-order valence-corrected chi connectivity index (χ2v) is 5.97. The fourth-order valence-corrected chi connectivity index (χ4v) is 2.67. The van der Waals surface area contributed by atoms with Gasteiger partial charge >= 0.3 is 0 Å². The van der Waals surface area contributed by atoms with Crippen LogP contribution in [0.5, 0.6) is 5.75 Å². The van der Waals surface area contributed by atoms with E-state index in [2.05, 4.69) is 25.7 Å². The van der Waals surface area contributed by atoms with E-state index in [1.165, 1.54) is 7.11 Å². The van der Waals surface area contributed by atoms with Crippen molar-refractivity contribution >= 4 is 11.9 Å². The van der Waals surface area contributed by atoms with E-state index in [-0.39, 0.29) is 11.7 Å². The molecule has 8 heteroatoms. The molecule has 3 aromatic rings. The topological polar surface area (TPSA) is 112 Å². The van der Waals surface area contributed by atoms with Gasteiger partial charge in [0.2, 0.25) is 5.95 Å². The number of amides is 1. The van der Waals surface area contributed by atoms with Crippen LogP contribution in [0.1, 0.15) is 21.6 Å². The third-order valence-electron chi connectivity index (χ3n) is 4.04. The first-order chi connectivity index (χ1) is 13.1. The van der Waals surface area contributed by atoms with Crippen LogP contribution in [-0.2, 0) is 11.3 Å². The zero-order valence-electron chi connectivity index (χ0n) is 15.1. The smallest absolute Gasteiger partial charge is 0.267 e. The van der Waals surface area contributed by atoms with Crippen LogP contribution in [0.3, 0.4) is 0 Å². The fourth-order valence-electron chi connectivity index (χ4n) is 2.67. The van der Waals surface area contributed by atoms with Crippen LogP contribution in [-0.4, -0.2) is 39.6 Å². The summed E-state index contributed by atoms with van der Waals surface area (Å²) < 4.78 is 0. The van der Waals surface area contributed by atoms with Gasteiger partial charge in [0, 0.05) is 24.5 Å². The minimum Gasteiger partial charge on any atom is -0.508 e. The predicted octanol–water partition coefficient (Wildman–Crippen LogP) is 2.43. The maximum atomic E-state index is 12.3. The van der Waals surface area contributed by atoms with Gasteiger partial charge in [-0.15, -0.1) is 0 Å². The number of nitrogens with zero attached hydrogens (tertiary/aromatic N) is 2. The maximum absolute atomic E-state index is 12.3. The standard InChI is InChI=1S/C19H21N5O3/c1-12-10-22-19(24-27-2)23-17(12)14-9-15(21-11-14)18(26)20-8-7-13-5-3-4-6-16(13)25/h3-6,9-11,21,25H,7-8H2,1-2H3,(H,20,26)(H,22,23,24). The van der Waals surface area contributed by atoms with Crippen LogP contribution >= 0.6 is 0 Å². The van der Waals surface area contributed by atoms with Gasteiger partial charge in [-0.1, -0.05) is 18.2 Å². The molecule has 0 atom stereocenters. The van der Waals surface area contributed by atoms with E-state index >= 15 is 0 Å². The van der Waals surface area contributed by atoms with Gasteiger partial charge in [0.1, 0.15) is 11.4 Å². The van der Waals surface area contributed by atoms with Gasteiger partial charge in [-0.25, -0.2) is 15.4 Å². The van der Waals surface area contributed by atoms with Crippen molar-refractivity contribution in [3.8, 4) is 17.0 Å². The Morgan fingerprint density at radius 2 is 2.15 bits per heavy atom. The number of phenolic OH excluding ortho intramolecular Hbond substituents is 1. The lowest BCUT2D eigenvalue weighted by atomic mass is 10.1. The summed E-state index contributed by atoms with van der Waals surface area (Å²) in [6, 6.07) is 8.82. The normalized spacial score (nSPS) is 10.6. The third kappa shape index (κ3) is 4.42. The lowest BCUT2D eigenvalue weighted by molar-refractivity contribution is 0.0949. The van der Waals surface area contributed by atoms with E-state index in [1.54, 1.807) is 30.6 Å². The Kier molecular flexibility index (Phi) is 5.68. The number of phenols is 1. The summed E-state index contributed by atoms with van der Waals surface area (Å²) >= 11 is 0. The van der Waals surface area contributed by atoms with Crippen molar-refractivity contribution in [3.63, 3.8) is 0 Å². The molecule has 27 heavy (non-hydrogen) atoms. The Balaban J connectivity index is 1.66. The number of hydrogen-bond acceptors (Lipinski definition) is 6. The number of hydrogen-bond donors (Lipinski definition) is 4. The minimum absolute atomic E-state index is 0.223. The first kappa shape index (κ1) is 18.4. The molecule has 0 bridgehead atoms. The molecular formula is C19H21N5O3. The van der Waals surface area contributed by atoms with Gasteiger partial charge in [-0.05, 0) is 36.6 Å². The quantitative estimate of drug-likeness (QED) is 0.477. The number of aromatic nitrogens is 3. The van der Waals surface area contributed by atoms with Crippen LogP contribution in [0.4, 0.5) is 5.95 Å². The number of aromatic amines is 1. The van der Waals surface area contributed by atoms with Crippen LogP contribution < -0.4 is 10.8 Å². The molecule has 1 amide bonds. The summed E-state index contributed by atoms with van der Waals surface area (Å²) in [6.45, 7) is 2.31. The number of H-pyrrole nitrogens is 1. The number of carbonyl (C=O) groups excluding carboxylic acids is 1. The van der Waals surface area contributed by atoms with Crippen molar-refractivity contribution in [2.45, 2.75) is 13.3 Å². The molecule has 0 aliphatic carbocycles. The van der Waals surface area contributed by atoms with Gasteiger partial charge in [-0.2, -0.15) is 0 Å². The Hall–Kier alpha value is -3.39. The molecule has 0 aliphatic rings. The van der Waals surface area contributed by atoms with Gasteiger partial charge in [-0.3, -0.25) is 9.63 Å². The minimum atomic E-state index is -0.223. The van der Waals surface area contributed by atoms with E-state index in [0.717, 1.165) is 16.7 Å². The summed E-state index contributed by atoms with van der Waals surface area (Å²) in [5.74, 6) is 0.347. The largest absolute Gasteiger partial charge is 0.508 e. The summed E-state index contributed by atoms with van der Waals surface area (Å²) in [6.07, 6.45) is 3.95. The second kappa shape index (κ2) is 8.33. The number of anilines is 1. The molecule has 2 heterocycles. The molecule has 0 saturated carbocycles. The highest BCUT2D eigenvalue weighted by Gasteiger charge is 2.13. The molecule has 0 spiro atoms. The van der Waals surface area contributed by atoms with E-state index in [4.69, 9.17) is 4.84 Å². The highest BCUT2D eigenvalue weighted by Crippen LogP contribution is 2.22. The number of aryl methyl sites for hydroxylation is 1. The van der Waals surface area contributed by atoms with Crippen LogP contribution in [0.15, 0.2) is 42.7 Å². The summed E-state index contributed by atoms with van der Waals surface area (Å²) in [5, 5.41) is 12.6. The zero-order valence-corrected chi connectivity index (χ0v) is 15.1. The highest BCUT2D eigenvalue weighted by molar-refractivity contribution is 5.93. The molecule has 2 aromatic heterocycles. The summed E-state index contributed by atoms with van der Waals surface area (Å²) in [5.41, 5.74) is 6.17. The molecule has 8 nitrogen and oxygen atoms in total. The van der Waals surface area contributed by atoms with Crippen molar-refractivity contribution in [1.29, 1.82) is 0 Å². The maximum Gasteiger partial charge on any atom is 0.267 e. The lowest BCUT2D eigenvalue weighted by Gasteiger charge is -2.06. The number of benzene rings is 1. The van der Waals surface area contributed by atoms with Crippen LogP contribution in [0, 0.1) is 6.92 Å². The predicted molar refractivity (Wildman–Crippen MR) is 101 cm³/mol. The molecule has 3 rings (SSSR count). The van der Waals surface area contributed by atoms with Crippen molar-refractivity contribution in [3.05, 3.63) is 59.5 Å². The lowest BCUT2D eigenvalue weighted by Crippen LogP contribution is -2.25. The first-order valence-electron chi connectivity index (χ1n) is 8.45. The highest BCUT2D eigenvalue weighted by atomic mass is 16.6. The van der Waals surface area contributed by atoms with Gasteiger partial charge in [0.05, 0.1) is 12.8 Å². The van der Waals surface area contributed by atoms with E-state index in [1.807, 2.05) is 19.1 Å². The molecule has 0 saturated heterocycles. The SMILES string of the molecule is CONc1ncc(C)c(-c2c[nH]c(C(=O)NCCc3ccccc3O)c2)n1. The Bertz CT molecular complexity index is 939. The summed E-state index contributed by atoms with van der Waals surface area (Å²) in [7, 11) is 1.48. The number of carbonyl (C=O) groups is 1. The number of para-hydroxylation sites is 1. The van der Waals surface area contributed by atoms with E-state index in [0.29, 0.717) is 30.3 Å². The molecule has 0 radical (unpaired) electrons. The monoisotopic (exact) mass is 367 g/mol. The Morgan fingerprint density at radius 1 is 1.33 bits per heavy atom. The number of nitrogens with one attached hydrogen (secondary N) is 3. The third-order valence-corrected chi connectivity index (χ3v) is 4.04. The van der Waals surface area contributed by atoms with Gasteiger partial charge < -0.3 is 15.4 Å². The van der Waals surface area contributed by atoms with Gasteiger partial charge in [0.25, 0.3) is 5.91 Å². The molecule has 1 aromatic carbocycles.